The number of rotatable bonds is 4. The van der Waals surface area contributed by atoms with Crippen LogP contribution in [0.25, 0.3) is 0 Å². The van der Waals surface area contributed by atoms with Crippen LogP contribution in [0.5, 0.6) is 5.88 Å². The van der Waals surface area contributed by atoms with Gasteiger partial charge in [0.25, 0.3) is 0 Å². The first-order valence-electron chi connectivity index (χ1n) is 5.61. The third kappa shape index (κ3) is 3.80. The standard InChI is InChI=1S/C13H15N3O3/c1-8(13(17)16-18)9(2)14-10(3)11-6-5-7-12(15-11)19-4/h5-7H,1-4H3/b9-8+,14-10+. The number of hydrogen-bond acceptors (Lipinski definition) is 5. The lowest BCUT2D eigenvalue weighted by atomic mass is 10.2. The molecular formula is C13H15N3O3. The molecule has 0 aromatic carbocycles. The van der Waals surface area contributed by atoms with Crippen molar-refractivity contribution in [1.82, 2.24) is 4.98 Å². The van der Waals surface area contributed by atoms with Gasteiger partial charge in [0.05, 0.1) is 18.5 Å². The smallest absolute Gasteiger partial charge is 0.314 e. The highest BCUT2D eigenvalue weighted by Crippen LogP contribution is 2.11. The van der Waals surface area contributed by atoms with Gasteiger partial charge in [0.15, 0.2) is 0 Å². The fourth-order valence-electron chi connectivity index (χ4n) is 1.35. The molecule has 0 spiro atoms. The van der Waals surface area contributed by atoms with Crippen molar-refractivity contribution in [2.45, 2.75) is 20.8 Å². The molecule has 1 rings (SSSR count). The Hall–Kier alpha value is -2.37. The number of methoxy groups -OCH3 is 1. The zero-order valence-electron chi connectivity index (χ0n) is 11.3. The van der Waals surface area contributed by atoms with E-state index >= 15 is 0 Å². The maximum atomic E-state index is 11.1. The second-order valence-electron chi connectivity index (χ2n) is 3.87. The molecule has 0 atom stereocenters. The number of nitrogens with zero attached hydrogens (tertiary/aromatic N) is 3. The molecule has 0 bridgehead atoms. The van der Waals surface area contributed by atoms with Crippen molar-refractivity contribution in [2.24, 2.45) is 10.2 Å². The van der Waals surface area contributed by atoms with Crippen LogP contribution in [0, 0.1) is 4.91 Å². The number of amides is 1. The van der Waals surface area contributed by atoms with Crippen molar-refractivity contribution in [3.63, 3.8) is 0 Å². The molecule has 0 saturated carbocycles. The molecule has 0 N–H and O–H groups in total. The Bertz CT molecular complexity index is 562. The average molecular weight is 261 g/mol. The number of hydrogen-bond donors (Lipinski definition) is 0. The second kappa shape index (κ2) is 6.53. The van der Waals surface area contributed by atoms with Crippen LogP contribution in [0.2, 0.25) is 0 Å². The van der Waals surface area contributed by atoms with Gasteiger partial charge in [-0.05, 0) is 26.8 Å². The summed E-state index contributed by atoms with van der Waals surface area (Å²) in [7, 11) is 1.53. The van der Waals surface area contributed by atoms with Crippen LogP contribution in [0.4, 0.5) is 0 Å². The summed E-state index contributed by atoms with van der Waals surface area (Å²) in [6.07, 6.45) is 0. The first-order chi connectivity index (χ1) is 8.99. The summed E-state index contributed by atoms with van der Waals surface area (Å²) in [5, 5.41) is 2.37. The minimum atomic E-state index is -0.812. The van der Waals surface area contributed by atoms with E-state index in [2.05, 4.69) is 15.2 Å². The molecule has 1 aromatic heterocycles. The Kier molecular flexibility index (Phi) is 5.05. The predicted molar refractivity (Wildman–Crippen MR) is 72.2 cm³/mol. The molecule has 0 aliphatic rings. The summed E-state index contributed by atoms with van der Waals surface area (Å²) in [5.74, 6) is -0.330. The van der Waals surface area contributed by atoms with E-state index in [4.69, 9.17) is 4.74 Å². The summed E-state index contributed by atoms with van der Waals surface area (Å²) in [5.41, 5.74) is 1.91. The van der Waals surface area contributed by atoms with Crippen LogP contribution >= 0.6 is 0 Å². The third-order valence-electron chi connectivity index (χ3n) is 2.59. The molecule has 100 valence electrons. The van der Waals surface area contributed by atoms with Crippen LogP contribution in [-0.4, -0.2) is 23.7 Å². The van der Waals surface area contributed by atoms with Gasteiger partial charge in [-0.25, -0.2) is 4.98 Å². The monoisotopic (exact) mass is 261 g/mol. The Balaban J connectivity index is 3.11. The van der Waals surface area contributed by atoms with Crippen molar-refractivity contribution < 1.29 is 9.53 Å². The van der Waals surface area contributed by atoms with Crippen molar-refractivity contribution in [1.29, 1.82) is 0 Å². The minimum absolute atomic E-state index is 0.220. The maximum absolute atomic E-state index is 11.1. The van der Waals surface area contributed by atoms with E-state index in [-0.39, 0.29) is 5.57 Å². The van der Waals surface area contributed by atoms with E-state index in [0.29, 0.717) is 23.0 Å². The summed E-state index contributed by atoms with van der Waals surface area (Å²) in [6, 6.07) is 5.30. The number of ether oxygens (including phenoxy) is 1. The normalized spacial score (nSPS) is 12.7. The highest BCUT2D eigenvalue weighted by Gasteiger charge is 2.08. The molecule has 1 aromatic rings. The average Bonchev–Trinajstić information content (AvgIpc) is 2.45. The third-order valence-corrected chi connectivity index (χ3v) is 2.59. The quantitative estimate of drug-likeness (QED) is 0.473. The number of nitroso groups, excluding NO2 is 1. The molecule has 6 nitrogen and oxygen atoms in total. The molecule has 0 aliphatic heterocycles. The minimum Gasteiger partial charge on any atom is -0.481 e. The molecule has 0 aliphatic carbocycles. The van der Waals surface area contributed by atoms with Gasteiger partial charge in [-0.2, -0.15) is 0 Å². The van der Waals surface area contributed by atoms with Gasteiger partial charge in [-0.3, -0.25) is 9.79 Å². The Labute approximate surface area is 111 Å². The largest absolute Gasteiger partial charge is 0.481 e. The van der Waals surface area contributed by atoms with Gasteiger partial charge >= 0.3 is 5.91 Å². The van der Waals surface area contributed by atoms with Gasteiger partial charge in [-0.1, -0.05) is 6.07 Å². The van der Waals surface area contributed by atoms with E-state index in [0.717, 1.165) is 0 Å². The summed E-state index contributed by atoms with van der Waals surface area (Å²) in [6.45, 7) is 4.91. The number of aromatic nitrogens is 1. The summed E-state index contributed by atoms with van der Waals surface area (Å²) in [4.78, 5) is 29.8. The predicted octanol–water partition coefficient (Wildman–Crippen LogP) is 2.49. The van der Waals surface area contributed by atoms with Crippen LogP contribution < -0.4 is 4.74 Å². The molecule has 0 unspecified atom stereocenters. The van der Waals surface area contributed by atoms with E-state index < -0.39 is 5.91 Å². The molecule has 1 heterocycles. The zero-order valence-corrected chi connectivity index (χ0v) is 11.3. The number of carbonyl (C=O) groups is 1. The fourth-order valence-corrected chi connectivity index (χ4v) is 1.35. The highest BCUT2D eigenvalue weighted by atomic mass is 16.5. The fraction of sp³-hybridized carbons (Fsp3) is 0.308. The van der Waals surface area contributed by atoms with Gasteiger partial charge in [0.2, 0.25) is 5.88 Å². The first kappa shape index (κ1) is 14.7. The first-order valence-corrected chi connectivity index (χ1v) is 5.61. The van der Waals surface area contributed by atoms with Crippen molar-refractivity contribution >= 4 is 11.6 Å². The molecule has 0 radical (unpaired) electrons. The van der Waals surface area contributed by atoms with Crippen LogP contribution in [0.15, 0.2) is 39.6 Å². The Morgan fingerprint density at radius 1 is 1.26 bits per heavy atom. The van der Waals surface area contributed by atoms with Gasteiger partial charge in [0.1, 0.15) is 0 Å². The van der Waals surface area contributed by atoms with Crippen molar-refractivity contribution in [3.8, 4) is 5.88 Å². The molecule has 19 heavy (non-hydrogen) atoms. The topological polar surface area (TPSA) is 81.0 Å². The van der Waals surface area contributed by atoms with Gasteiger partial charge in [0, 0.05) is 22.5 Å². The SMILES string of the molecule is COc1cccc(/C(C)=N/C(C)=C(\C)C(=O)N=O)n1. The molecule has 0 fully saturated rings. The van der Waals surface area contributed by atoms with Crippen molar-refractivity contribution in [2.75, 3.05) is 7.11 Å². The lowest BCUT2D eigenvalue weighted by molar-refractivity contribution is -0.114. The van der Waals surface area contributed by atoms with Crippen molar-refractivity contribution in [3.05, 3.63) is 40.1 Å². The lowest BCUT2D eigenvalue weighted by Gasteiger charge is -2.04. The van der Waals surface area contributed by atoms with Crippen LogP contribution in [0.3, 0.4) is 0 Å². The van der Waals surface area contributed by atoms with E-state index in [1.807, 2.05) is 0 Å². The Morgan fingerprint density at radius 2 is 1.95 bits per heavy atom. The van der Waals surface area contributed by atoms with Gasteiger partial charge < -0.3 is 4.74 Å². The number of pyridine rings is 1. The summed E-state index contributed by atoms with van der Waals surface area (Å²) < 4.78 is 5.02. The molecule has 0 saturated heterocycles. The van der Waals surface area contributed by atoms with Crippen LogP contribution in [0.1, 0.15) is 26.5 Å². The zero-order chi connectivity index (χ0) is 14.4. The number of aliphatic imine (C=N–C) groups is 1. The van der Waals surface area contributed by atoms with Crippen LogP contribution in [-0.2, 0) is 4.79 Å². The Morgan fingerprint density at radius 3 is 2.53 bits per heavy atom. The lowest BCUT2D eigenvalue weighted by Crippen LogP contribution is -2.02. The second-order valence-corrected chi connectivity index (χ2v) is 3.87. The number of carbonyl (C=O) groups excluding carboxylic acids is 1. The van der Waals surface area contributed by atoms with E-state index in [1.165, 1.54) is 14.0 Å². The molecule has 1 amide bonds. The van der Waals surface area contributed by atoms with Gasteiger partial charge in [-0.15, -0.1) is 4.91 Å². The molecular weight excluding hydrogens is 246 g/mol. The summed E-state index contributed by atoms with van der Waals surface area (Å²) >= 11 is 0. The maximum Gasteiger partial charge on any atom is 0.314 e. The van der Waals surface area contributed by atoms with E-state index in [1.54, 1.807) is 32.0 Å². The number of allylic oxidation sites excluding steroid dienone is 1. The molecule has 6 heteroatoms. The van der Waals surface area contributed by atoms with E-state index in [9.17, 15) is 9.70 Å². The highest BCUT2D eigenvalue weighted by molar-refractivity contribution is 5.99.